The Bertz CT molecular complexity index is 282. The molecular formula is C15H35O4PSi. The van der Waals surface area contributed by atoms with Gasteiger partial charge in [-0.15, -0.1) is 0 Å². The summed E-state index contributed by atoms with van der Waals surface area (Å²) in [4.78, 5) is 0. The highest BCUT2D eigenvalue weighted by atomic mass is 31.2. The first-order valence-electron chi connectivity index (χ1n) is 8.45. The Morgan fingerprint density at radius 2 is 1.14 bits per heavy atom. The van der Waals surface area contributed by atoms with E-state index in [1.165, 1.54) is 0 Å². The van der Waals surface area contributed by atoms with E-state index in [2.05, 4.69) is 20.8 Å². The number of rotatable bonds is 13. The van der Waals surface area contributed by atoms with Crippen LogP contribution in [-0.2, 0) is 17.8 Å². The van der Waals surface area contributed by atoms with Crippen molar-refractivity contribution < 1.29 is 17.8 Å². The smallest absolute Gasteiger partial charge is 0.373 e. The summed E-state index contributed by atoms with van der Waals surface area (Å²) in [5, 5.41) is -0.121. The van der Waals surface area contributed by atoms with Crippen molar-refractivity contribution in [2.24, 2.45) is 0 Å². The van der Waals surface area contributed by atoms with Crippen LogP contribution < -0.4 is 0 Å². The van der Waals surface area contributed by atoms with E-state index >= 15 is 0 Å². The molecule has 21 heavy (non-hydrogen) atoms. The van der Waals surface area contributed by atoms with E-state index in [9.17, 15) is 4.57 Å². The second-order valence-corrected chi connectivity index (χ2v) is 12.8. The molecule has 0 aliphatic rings. The summed E-state index contributed by atoms with van der Waals surface area (Å²) >= 11 is 0. The molecule has 0 heterocycles. The molecule has 0 N–H and O–H groups in total. The molecule has 0 aliphatic carbocycles. The second kappa shape index (κ2) is 11.0. The van der Waals surface area contributed by atoms with E-state index in [-0.39, 0.29) is 5.28 Å². The number of hydrogen-bond acceptors (Lipinski definition) is 4. The number of hydrogen-bond donors (Lipinski definition) is 0. The molecule has 1 unspecified atom stereocenters. The van der Waals surface area contributed by atoms with Crippen molar-refractivity contribution in [3.05, 3.63) is 0 Å². The third-order valence-corrected chi connectivity index (χ3v) is 12.6. The molecule has 0 aromatic heterocycles. The summed E-state index contributed by atoms with van der Waals surface area (Å²) in [7, 11) is -5.23. The van der Waals surface area contributed by atoms with Gasteiger partial charge in [0.05, 0.1) is 12.4 Å². The first-order valence-corrected chi connectivity index (χ1v) is 12.4. The highest BCUT2D eigenvalue weighted by Gasteiger charge is 2.53. The van der Waals surface area contributed by atoms with Gasteiger partial charge in [-0.25, -0.2) is 0 Å². The van der Waals surface area contributed by atoms with Crippen LogP contribution in [0.4, 0.5) is 0 Å². The largest absolute Gasteiger partial charge is 0.511 e. The summed E-state index contributed by atoms with van der Waals surface area (Å²) in [6, 6.07) is 0. The monoisotopic (exact) mass is 338 g/mol. The molecule has 1 atom stereocenters. The molecule has 128 valence electrons. The maximum Gasteiger partial charge on any atom is 0.511 e. The van der Waals surface area contributed by atoms with Crippen molar-refractivity contribution in [3.8, 4) is 0 Å². The molecule has 0 bridgehead atoms. The summed E-state index contributed by atoms with van der Waals surface area (Å²) in [5.41, 5.74) is 0. The summed E-state index contributed by atoms with van der Waals surface area (Å²) in [6.07, 6.45) is 4.10. The molecule has 6 heteroatoms. The Hall–Kier alpha value is 0.327. The average Bonchev–Trinajstić information content (AvgIpc) is 2.53. The fourth-order valence-electron chi connectivity index (χ4n) is 2.28. The van der Waals surface area contributed by atoms with Crippen molar-refractivity contribution in [1.82, 2.24) is 0 Å². The third-order valence-electron chi connectivity index (χ3n) is 3.81. The Labute approximate surface area is 132 Å². The van der Waals surface area contributed by atoms with Gasteiger partial charge >= 0.3 is 8.80 Å². The summed E-state index contributed by atoms with van der Waals surface area (Å²) in [5.74, 6) is 0. The van der Waals surface area contributed by atoms with Crippen molar-refractivity contribution in [1.29, 1.82) is 0 Å². The van der Waals surface area contributed by atoms with Crippen LogP contribution in [-0.4, -0.2) is 46.2 Å². The molecule has 0 aliphatic heterocycles. The SMILES string of the molecule is CCCO[Si](OCCC)(OCCC)C(C)P(=O)(CC)CC. The lowest BCUT2D eigenvalue weighted by Gasteiger charge is -2.37. The van der Waals surface area contributed by atoms with Crippen LogP contribution >= 0.6 is 7.14 Å². The quantitative estimate of drug-likeness (QED) is 0.365. The molecule has 0 saturated carbocycles. The van der Waals surface area contributed by atoms with Crippen LogP contribution in [0.15, 0.2) is 0 Å². The Morgan fingerprint density at radius 3 is 1.38 bits per heavy atom. The van der Waals surface area contributed by atoms with Crippen LogP contribution in [0.1, 0.15) is 60.8 Å². The van der Waals surface area contributed by atoms with Gasteiger partial charge in [0.2, 0.25) is 0 Å². The van der Waals surface area contributed by atoms with Crippen LogP contribution in [0.2, 0.25) is 0 Å². The normalized spacial score (nSPS) is 14.4. The van der Waals surface area contributed by atoms with Crippen LogP contribution in [0.3, 0.4) is 0 Å². The first kappa shape index (κ1) is 21.3. The van der Waals surface area contributed by atoms with E-state index in [4.69, 9.17) is 13.3 Å². The zero-order chi connectivity index (χ0) is 16.4. The lowest BCUT2D eigenvalue weighted by molar-refractivity contribution is 0.0578. The van der Waals surface area contributed by atoms with Gasteiger partial charge in [-0.1, -0.05) is 41.5 Å². The van der Waals surface area contributed by atoms with E-state index in [0.29, 0.717) is 32.1 Å². The van der Waals surface area contributed by atoms with Gasteiger partial charge in [-0.3, -0.25) is 0 Å². The fraction of sp³-hybridized carbons (Fsp3) is 1.00. The highest BCUT2D eigenvalue weighted by molar-refractivity contribution is 7.66. The van der Waals surface area contributed by atoms with E-state index < -0.39 is 15.9 Å². The predicted molar refractivity (Wildman–Crippen MR) is 92.6 cm³/mol. The second-order valence-electron chi connectivity index (χ2n) is 5.41. The maximum absolute atomic E-state index is 13.2. The summed E-state index contributed by atoms with van der Waals surface area (Å²) in [6.45, 7) is 14.1. The molecule has 0 rings (SSSR count). The standard InChI is InChI=1S/C15H35O4PSi/c1-7-12-17-21(18-13-8-2,19-14-9-3)15(6)20(16,10-4)11-5/h15H,7-14H2,1-6H3. The lowest BCUT2D eigenvalue weighted by Crippen LogP contribution is -2.56. The van der Waals surface area contributed by atoms with Gasteiger partial charge in [0.15, 0.2) is 0 Å². The topological polar surface area (TPSA) is 44.8 Å². The summed E-state index contributed by atoms with van der Waals surface area (Å²) < 4.78 is 31.5. The minimum absolute atomic E-state index is 0.121. The van der Waals surface area contributed by atoms with Crippen molar-refractivity contribution in [2.75, 3.05) is 32.1 Å². The van der Waals surface area contributed by atoms with Crippen LogP contribution in [0.25, 0.3) is 0 Å². The highest BCUT2D eigenvalue weighted by Crippen LogP contribution is 2.53. The molecule has 0 amide bonds. The van der Waals surface area contributed by atoms with Gasteiger partial charge in [0.1, 0.15) is 0 Å². The minimum atomic E-state index is -2.90. The predicted octanol–water partition coefficient (Wildman–Crippen LogP) is 4.54. The maximum atomic E-state index is 13.2. The van der Waals surface area contributed by atoms with E-state index in [1.807, 2.05) is 20.8 Å². The average molecular weight is 339 g/mol. The zero-order valence-electron chi connectivity index (χ0n) is 14.8. The van der Waals surface area contributed by atoms with Gasteiger partial charge in [0.25, 0.3) is 0 Å². The molecule has 0 aromatic carbocycles. The van der Waals surface area contributed by atoms with Gasteiger partial charge in [-0.2, -0.15) is 0 Å². The van der Waals surface area contributed by atoms with Crippen LogP contribution in [0, 0.1) is 0 Å². The molecule has 0 fully saturated rings. The third kappa shape index (κ3) is 6.15. The molecule has 0 aromatic rings. The molecule has 0 radical (unpaired) electrons. The molecule has 0 saturated heterocycles. The van der Waals surface area contributed by atoms with Crippen molar-refractivity contribution in [2.45, 2.75) is 66.1 Å². The minimum Gasteiger partial charge on any atom is -0.373 e. The van der Waals surface area contributed by atoms with Gasteiger partial charge in [0, 0.05) is 19.8 Å². The molecular weight excluding hydrogens is 303 g/mol. The Balaban J connectivity index is 5.40. The lowest BCUT2D eigenvalue weighted by atomic mass is 10.5. The first-order chi connectivity index (χ1) is 9.96. The van der Waals surface area contributed by atoms with E-state index in [0.717, 1.165) is 19.3 Å². The van der Waals surface area contributed by atoms with E-state index in [1.54, 1.807) is 0 Å². The Morgan fingerprint density at radius 1 is 0.810 bits per heavy atom. The zero-order valence-corrected chi connectivity index (χ0v) is 16.7. The van der Waals surface area contributed by atoms with Crippen molar-refractivity contribution in [3.63, 3.8) is 0 Å². The van der Waals surface area contributed by atoms with Gasteiger partial charge < -0.3 is 17.8 Å². The van der Waals surface area contributed by atoms with Gasteiger partial charge in [-0.05, 0) is 31.6 Å². The van der Waals surface area contributed by atoms with Crippen molar-refractivity contribution >= 4 is 15.9 Å². The molecule has 0 spiro atoms. The van der Waals surface area contributed by atoms with Crippen LogP contribution in [0.5, 0.6) is 0 Å². The molecule has 4 nitrogen and oxygen atoms in total. The fourth-order valence-corrected chi connectivity index (χ4v) is 10.3. The Kier molecular flexibility index (Phi) is 11.1.